The number of benzene rings is 1. The van der Waals surface area contributed by atoms with Gasteiger partial charge in [0.15, 0.2) is 5.58 Å². The molecule has 0 saturated carbocycles. The van der Waals surface area contributed by atoms with Gasteiger partial charge in [0.2, 0.25) is 0 Å². The van der Waals surface area contributed by atoms with Crippen molar-refractivity contribution in [3.8, 4) is 0 Å². The average Bonchev–Trinajstić information content (AvgIpc) is 2.99. The number of hydrazine groups is 1. The fraction of sp³-hybridized carbons (Fsp3) is 0.154. The molecule has 1 atom stereocenters. The van der Waals surface area contributed by atoms with E-state index in [1.165, 1.54) is 0 Å². The molecular formula is C13H13ClN4O. The lowest BCUT2D eigenvalue weighted by Gasteiger charge is -2.13. The van der Waals surface area contributed by atoms with Gasteiger partial charge in [-0.15, -0.1) is 0 Å². The Hall–Kier alpha value is -1.82. The fourth-order valence-corrected chi connectivity index (χ4v) is 2.39. The molecule has 0 saturated heterocycles. The van der Waals surface area contributed by atoms with E-state index in [1.807, 2.05) is 31.3 Å². The second-order valence-electron chi connectivity index (χ2n) is 4.29. The van der Waals surface area contributed by atoms with Crippen LogP contribution in [0.3, 0.4) is 0 Å². The third-order valence-corrected chi connectivity index (χ3v) is 3.42. The first-order valence-electron chi connectivity index (χ1n) is 5.82. The van der Waals surface area contributed by atoms with Crippen LogP contribution in [0.2, 0.25) is 5.02 Å². The largest absolute Gasteiger partial charge is 0.457 e. The SMILES string of the molecule is Cn1nccc1C(NN)c1cc2cccc(Cl)c2o1. The van der Waals surface area contributed by atoms with Crippen molar-refractivity contribution < 1.29 is 4.42 Å². The molecular weight excluding hydrogens is 264 g/mol. The maximum absolute atomic E-state index is 6.11. The molecule has 0 radical (unpaired) electrons. The summed E-state index contributed by atoms with van der Waals surface area (Å²) in [6.07, 6.45) is 1.72. The average molecular weight is 277 g/mol. The summed E-state index contributed by atoms with van der Waals surface area (Å²) in [4.78, 5) is 0. The smallest absolute Gasteiger partial charge is 0.152 e. The number of hydrogen-bond donors (Lipinski definition) is 2. The molecule has 5 nitrogen and oxygen atoms in total. The van der Waals surface area contributed by atoms with E-state index in [2.05, 4.69) is 10.5 Å². The van der Waals surface area contributed by atoms with Gasteiger partial charge in [-0.05, 0) is 18.2 Å². The molecule has 3 rings (SSSR count). The maximum atomic E-state index is 6.11. The van der Waals surface area contributed by atoms with E-state index in [0.29, 0.717) is 16.4 Å². The number of para-hydroxylation sites is 1. The number of furan rings is 1. The molecule has 1 unspecified atom stereocenters. The van der Waals surface area contributed by atoms with Crippen LogP contribution in [0.1, 0.15) is 17.5 Å². The van der Waals surface area contributed by atoms with Crippen LogP contribution in [-0.4, -0.2) is 9.78 Å². The van der Waals surface area contributed by atoms with Gasteiger partial charge < -0.3 is 4.42 Å². The van der Waals surface area contributed by atoms with Crippen molar-refractivity contribution in [3.05, 3.63) is 53.0 Å². The monoisotopic (exact) mass is 276 g/mol. The summed E-state index contributed by atoms with van der Waals surface area (Å²) in [5.41, 5.74) is 4.33. The van der Waals surface area contributed by atoms with Crippen LogP contribution in [0.5, 0.6) is 0 Å². The zero-order valence-electron chi connectivity index (χ0n) is 10.3. The normalized spacial score (nSPS) is 13.0. The van der Waals surface area contributed by atoms with Crippen LogP contribution in [0.4, 0.5) is 0 Å². The molecule has 0 aliphatic carbocycles. The first-order valence-corrected chi connectivity index (χ1v) is 6.20. The zero-order valence-corrected chi connectivity index (χ0v) is 11.1. The summed E-state index contributed by atoms with van der Waals surface area (Å²) in [5.74, 6) is 6.34. The van der Waals surface area contributed by atoms with Crippen molar-refractivity contribution in [2.24, 2.45) is 12.9 Å². The molecule has 2 heterocycles. The number of nitrogens with two attached hydrogens (primary N) is 1. The van der Waals surface area contributed by atoms with E-state index in [9.17, 15) is 0 Å². The molecule has 0 aliphatic rings. The van der Waals surface area contributed by atoms with Gasteiger partial charge in [0, 0.05) is 18.6 Å². The van der Waals surface area contributed by atoms with E-state index in [-0.39, 0.29) is 6.04 Å². The van der Waals surface area contributed by atoms with Gasteiger partial charge >= 0.3 is 0 Å². The molecule has 0 amide bonds. The summed E-state index contributed by atoms with van der Waals surface area (Å²) >= 11 is 6.11. The molecule has 6 heteroatoms. The van der Waals surface area contributed by atoms with E-state index in [0.717, 1.165) is 11.1 Å². The van der Waals surface area contributed by atoms with Crippen LogP contribution in [0.15, 0.2) is 40.9 Å². The standard InChI is InChI=1S/C13H13ClN4O/c1-18-10(5-6-16-18)12(17-15)11-7-8-3-2-4-9(14)13(8)19-11/h2-7,12,17H,15H2,1H3. The molecule has 3 N–H and O–H groups in total. The molecule has 0 aliphatic heterocycles. The summed E-state index contributed by atoms with van der Waals surface area (Å²) in [6, 6.07) is 9.18. The predicted molar refractivity (Wildman–Crippen MR) is 73.6 cm³/mol. The summed E-state index contributed by atoms with van der Waals surface area (Å²) in [6.45, 7) is 0. The minimum atomic E-state index is -0.268. The lowest BCUT2D eigenvalue weighted by Crippen LogP contribution is -2.30. The molecule has 2 aromatic heterocycles. The maximum Gasteiger partial charge on any atom is 0.152 e. The van der Waals surface area contributed by atoms with Gasteiger partial charge in [-0.3, -0.25) is 10.5 Å². The molecule has 0 fully saturated rings. The van der Waals surface area contributed by atoms with Crippen molar-refractivity contribution in [1.82, 2.24) is 15.2 Å². The van der Waals surface area contributed by atoms with Gasteiger partial charge in [-0.1, -0.05) is 23.7 Å². The summed E-state index contributed by atoms with van der Waals surface area (Å²) < 4.78 is 7.56. The first kappa shape index (κ1) is 12.2. The molecule has 0 bridgehead atoms. The van der Waals surface area contributed by atoms with Gasteiger partial charge in [0.1, 0.15) is 11.8 Å². The van der Waals surface area contributed by atoms with E-state index >= 15 is 0 Å². The van der Waals surface area contributed by atoms with Gasteiger partial charge in [-0.2, -0.15) is 5.10 Å². The van der Waals surface area contributed by atoms with Crippen molar-refractivity contribution in [2.45, 2.75) is 6.04 Å². The van der Waals surface area contributed by atoms with Gasteiger partial charge in [0.05, 0.1) is 10.7 Å². The number of fused-ring (bicyclic) bond motifs is 1. The Kier molecular flexibility index (Phi) is 3.02. The van der Waals surface area contributed by atoms with Crippen molar-refractivity contribution >= 4 is 22.6 Å². The number of rotatable bonds is 3. The Morgan fingerprint density at radius 1 is 1.42 bits per heavy atom. The van der Waals surface area contributed by atoms with Crippen molar-refractivity contribution in [2.75, 3.05) is 0 Å². The lowest BCUT2D eigenvalue weighted by molar-refractivity contribution is 0.459. The lowest BCUT2D eigenvalue weighted by atomic mass is 10.1. The third kappa shape index (κ3) is 2.02. The highest BCUT2D eigenvalue weighted by Crippen LogP contribution is 2.31. The molecule has 3 aromatic rings. The highest BCUT2D eigenvalue weighted by Gasteiger charge is 2.20. The number of aryl methyl sites for hydroxylation is 1. The quantitative estimate of drug-likeness (QED) is 0.569. The summed E-state index contributed by atoms with van der Waals surface area (Å²) in [7, 11) is 1.86. The van der Waals surface area contributed by atoms with Gasteiger partial charge in [-0.25, -0.2) is 5.43 Å². The topological polar surface area (TPSA) is 69.0 Å². The Bertz CT molecular complexity index is 718. The predicted octanol–water partition coefficient (Wildman–Crippen LogP) is 2.37. The van der Waals surface area contributed by atoms with E-state index in [1.54, 1.807) is 16.9 Å². The Labute approximate surface area is 114 Å². The number of nitrogens with one attached hydrogen (secondary N) is 1. The van der Waals surface area contributed by atoms with Crippen LogP contribution < -0.4 is 11.3 Å². The van der Waals surface area contributed by atoms with Gasteiger partial charge in [0.25, 0.3) is 0 Å². The first-order chi connectivity index (χ1) is 9.20. The van der Waals surface area contributed by atoms with Crippen LogP contribution >= 0.6 is 11.6 Å². The Balaban J connectivity index is 2.12. The Morgan fingerprint density at radius 3 is 2.89 bits per heavy atom. The third-order valence-electron chi connectivity index (χ3n) is 3.12. The number of aromatic nitrogens is 2. The second-order valence-corrected chi connectivity index (χ2v) is 4.69. The molecule has 0 spiro atoms. The van der Waals surface area contributed by atoms with E-state index < -0.39 is 0 Å². The number of nitrogens with zero attached hydrogens (tertiary/aromatic N) is 2. The highest BCUT2D eigenvalue weighted by atomic mass is 35.5. The molecule has 19 heavy (non-hydrogen) atoms. The zero-order chi connectivity index (χ0) is 13.4. The minimum Gasteiger partial charge on any atom is -0.457 e. The molecule has 98 valence electrons. The number of hydrogen-bond acceptors (Lipinski definition) is 4. The highest BCUT2D eigenvalue weighted by molar-refractivity contribution is 6.34. The van der Waals surface area contributed by atoms with Crippen molar-refractivity contribution in [3.63, 3.8) is 0 Å². The second kappa shape index (κ2) is 4.70. The van der Waals surface area contributed by atoms with Crippen LogP contribution in [0.25, 0.3) is 11.0 Å². The van der Waals surface area contributed by atoms with Crippen LogP contribution in [0, 0.1) is 0 Å². The fourth-order valence-electron chi connectivity index (χ4n) is 2.17. The van der Waals surface area contributed by atoms with Crippen molar-refractivity contribution in [1.29, 1.82) is 0 Å². The molecule has 1 aromatic carbocycles. The minimum absolute atomic E-state index is 0.268. The van der Waals surface area contributed by atoms with E-state index in [4.69, 9.17) is 21.9 Å². The Morgan fingerprint density at radius 2 is 2.26 bits per heavy atom. The summed E-state index contributed by atoms with van der Waals surface area (Å²) in [5, 5.41) is 5.67. The van der Waals surface area contributed by atoms with Crippen LogP contribution in [-0.2, 0) is 7.05 Å². The number of halogens is 1.